The van der Waals surface area contributed by atoms with Crippen molar-refractivity contribution in [1.82, 2.24) is 4.57 Å². The molecule has 2 aromatic heterocycles. The SMILES string of the molecule is [C-]#[N+]c1cc(C#N)cc(-c2ccccc2)c1-n1c2ccccc2c2c3oc4ccccc4c3ccc21. The number of furan rings is 1. The van der Waals surface area contributed by atoms with Gasteiger partial charge in [-0.05, 0) is 47.5 Å². The standard InChI is InChI=1S/C32H17N3O/c1-34-26-18-20(19-33)17-25(21-9-3-2-4-10-21)31(26)35-27-13-7-5-12-24(27)30-28(35)16-15-23-22-11-6-8-14-29(22)36-32(23)30/h2-18H. The van der Waals surface area contributed by atoms with Crippen LogP contribution in [-0.2, 0) is 0 Å². The molecule has 0 spiro atoms. The molecule has 7 aromatic rings. The number of aromatic nitrogens is 1. The predicted octanol–water partition coefficient (Wildman–Crippen LogP) is 8.77. The first-order chi connectivity index (χ1) is 17.8. The van der Waals surface area contributed by atoms with Crippen molar-refractivity contribution in [3.63, 3.8) is 0 Å². The molecule has 0 aliphatic rings. The third-order valence-corrected chi connectivity index (χ3v) is 6.83. The fourth-order valence-electron chi connectivity index (χ4n) is 5.32. The molecule has 0 saturated heterocycles. The summed E-state index contributed by atoms with van der Waals surface area (Å²) in [6.45, 7) is 8.02. The Morgan fingerprint density at radius 2 is 1.50 bits per heavy atom. The molecule has 0 atom stereocenters. The Kier molecular flexibility index (Phi) is 4.24. The predicted molar refractivity (Wildman–Crippen MR) is 144 cm³/mol. The van der Waals surface area contributed by atoms with Crippen molar-refractivity contribution < 1.29 is 4.42 Å². The van der Waals surface area contributed by atoms with E-state index < -0.39 is 0 Å². The van der Waals surface area contributed by atoms with Crippen molar-refractivity contribution in [3.05, 3.63) is 120 Å². The van der Waals surface area contributed by atoms with Crippen molar-refractivity contribution in [3.8, 4) is 22.9 Å². The van der Waals surface area contributed by atoms with Crippen LogP contribution in [0.2, 0.25) is 0 Å². The average molecular weight is 460 g/mol. The molecule has 4 nitrogen and oxygen atoms in total. The Hall–Kier alpha value is -5.32. The molecule has 0 fully saturated rings. The number of nitrogens with zero attached hydrogens (tertiary/aromatic N) is 3. The summed E-state index contributed by atoms with van der Waals surface area (Å²) in [5.41, 5.74) is 7.06. The van der Waals surface area contributed by atoms with E-state index in [9.17, 15) is 5.26 Å². The van der Waals surface area contributed by atoms with Gasteiger partial charge in [0.05, 0.1) is 34.7 Å². The number of para-hydroxylation sites is 2. The summed E-state index contributed by atoms with van der Waals surface area (Å²) >= 11 is 0. The summed E-state index contributed by atoms with van der Waals surface area (Å²) in [6.07, 6.45) is 0. The highest BCUT2D eigenvalue weighted by atomic mass is 16.3. The highest BCUT2D eigenvalue weighted by Crippen LogP contribution is 2.44. The zero-order chi connectivity index (χ0) is 24.2. The topological polar surface area (TPSA) is 46.2 Å². The number of rotatable bonds is 2. The molecular weight excluding hydrogens is 442 g/mol. The number of hydrogen-bond acceptors (Lipinski definition) is 2. The van der Waals surface area contributed by atoms with E-state index in [0.29, 0.717) is 11.3 Å². The fourth-order valence-corrected chi connectivity index (χ4v) is 5.32. The van der Waals surface area contributed by atoms with Crippen molar-refractivity contribution in [2.24, 2.45) is 0 Å². The molecule has 36 heavy (non-hydrogen) atoms. The minimum atomic E-state index is 0.431. The number of nitriles is 1. The molecule has 0 amide bonds. The second kappa shape index (κ2) is 7.60. The maximum Gasteiger partial charge on any atom is 0.212 e. The van der Waals surface area contributed by atoms with Crippen LogP contribution < -0.4 is 0 Å². The normalized spacial score (nSPS) is 11.3. The van der Waals surface area contributed by atoms with E-state index in [0.717, 1.165) is 60.6 Å². The third kappa shape index (κ3) is 2.73. The van der Waals surface area contributed by atoms with Crippen LogP contribution >= 0.6 is 0 Å². The molecule has 5 aromatic carbocycles. The molecule has 0 bridgehead atoms. The van der Waals surface area contributed by atoms with Gasteiger partial charge in [0.15, 0.2) is 0 Å². The summed E-state index contributed by atoms with van der Waals surface area (Å²) in [5.74, 6) is 0. The van der Waals surface area contributed by atoms with Gasteiger partial charge in [0.2, 0.25) is 5.69 Å². The van der Waals surface area contributed by atoms with E-state index in [1.807, 2.05) is 66.7 Å². The van der Waals surface area contributed by atoms with Crippen LogP contribution in [0.3, 0.4) is 0 Å². The molecule has 7 rings (SSSR count). The molecular formula is C32H17N3O. The second-order valence-electron chi connectivity index (χ2n) is 8.77. The van der Waals surface area contributed by atoms with Crippen molar-refractivity contribution in [2.45, 2.75) is 0 Å². The number of fused-ring (bicyclic) bond motifs is 7. The lowest BCUT2D eigenvalue weighted by molar-refractivity contribution is 0.673. The first-order valence-electron chi connectivity index (χ1n) is 11.6. The first kappa shape index (κ1) is 20.1. The van der Waals surface area contributed by atoms with Gasteiger partial charge in [-0.1, -0.05) is 66.7 Å². The van der Waals surface area contributed by atoms with Crippen LogP contribution in [0.5, 0.6) is 0 Å². The summed E-state index contributed by atoms with van der Waals surface area (Å²) in [6, 6.07) is 36.2. The summed E-state index contributed by atoms with van der Waals surface area (Å²) in [7, 11) is 0. The van der Waals surface area contributed by atoms with Crippen LogP contribution in [0.15, 0.2) is 108 Å². The van der Waals surface area contributed by atoms with Crippen LogP contribution in [-0.4, -0.2) is 4.57 Å². The van der Waals surface area contributed by atoms with Gasteiger partial charge in [0.25, 0.3) is 0 Å². The molecule has 4 heteroatoms. The van der Waals surface area contributed by atoms with Crippen molar-refractivity contribution >= 4 is 49.4 Å². The summed E-state index contributed by atoms with van der Waals surface area (Å²) < 4.78 is 8.56. The molecule has 166 valence electrons. The average Bonchev–Trinajstić information content (AvgIpc) is 3.48. The smallest absolute Gasteiger partial charge is 0.212 e. The monoisotopic (exact) mass is 459 g/mol. The molecule has 0 saturated carbocycles. The highest BCUT2D eigenvalue weighted by molar-refractivity contribution is 6.24. The van der Waals surface area contributed by atoms with Gasteiger partial charge in [-0.2, -0.15) is 5.26 Å². The first-order valence-corrected chi connectivity index (χ1v) is 11.6. The van der Waals surface area contributed by atoms with E-state index in [2.05, 4.69) is 45.8 Å². The quantitative estimate of drug-likeness (QED) is 0.243. The van der Waals surface area contributed by atoms with Crippen molar-refractivity contribution in [1.29, 1.82) is 5.26 Å². The summed E-state index contributed by atoms with van der Waals surface area (Å²) in [5, 5.41) is 13.9. The molecule has 0 aliphatic heterocycles. The van der Waals surface area contributed by atoms with E-state index >= 15 is 0 Å². The Bertz CT molecular complexity index is 2060. The Balaban J connectivity index is 1.70. The van der Waals surface area contributed by atoms with Gasteiger partial charge >= 0.3 is 0 Å². The third-order valence-electron chi connectivity index (χ3n) is 6.83. The van der Waals surface area contributed by atoms with Gasteiger partial charge in [-0.15, -0.1) is 0 Å². The Labute approximate surface area is 206 Å². The van der Waals surface area contributed by atoms with E-state index in [1.165, 1.54) is 0 Å². The maximum atomic E-state index is 9.71. The maximum absolute atomic E-state index is 9.71. The second-order valence-corrected chi connectivity index (χ2v) is 8.77. The van der Waals surface area contributed by atoms with E-state index in [1.54, 1.807) is 6.07 Å². The lowest BCUT2D eigenvalue weighted by Gasteiger charge is -2.16. The van der Waals surface area contributed by atoms with Gasteiger partial charge in [-0.3, -0.25) is 0 Å². The molecule has 0 radical (unpaired) electrons. The zero-order valence-electron chi connectivity index (χ0n) is 19.1. The Morgan fingerprint density at radius 1 is 0.750 bits per heavy atom. The Morgan fingerprint density at radius 3 is 2.31 bits per heavy atom. The molecule has 0 unspecified atom stereocenters. The van der Waals surface area contributed by atoms with Crippen LogP contribution in [0.25, 0.3) is 65.4 Å². The van der Waals surface area contributed by atoms with Gasteiger partial charge in [0.1, 0.15) is 11.2 Å². The highest BCUT2D eigenvalue weighted by Gasteiger charge is 2.22. The van der Waals surface area contributed by atoms with Crippen LogP contribution in [0.1, 0.15) is 5.56 Å². The van der Waals surface area contributed by atoms with E-state index in [4.69, 9.17) is 11.0 Å². The lowest BCUT2D eigenvalue weighted by Crippen LogP contribution is -1.99. The zero-order valence-corrected chi connectivity index (χ0v) is 19.1. The van der Waals surface area contributed by atoms with Crippen molar-refractivity contribution in [2.75, 3.05) is 0 Å². The molecule has 0 aliphatic carbocycles. The van der Waals surface area contributed by atoms with Gasteiger partial charge in [0, 0.05) is 21.7 Å². The largest absolute Gasteiger partial charge is 0.455 e. The number of benzene rings is 5. The van der Waals surface area contributed by atoms with E-state index in [-0.39, 0.29) is 0 Å². The van der Waals surface area contributed by atoms with Crippen LogP contribution in [0, 0.1) is 17.9 Å². The lowest BCUT2D eigenvalue weighted by atomic mass is 9.99. The van der Waals surface area contributed by atoms with Gasteiger partial charge < -0.3 is 8.98 Å². The molecule has 2 heterocycles. The minimum absolute atomic E-state index is 0.431. The minimum Gasteiger partial charge on any atom is -0.455 e. The van der Waals surface area contributed by atoms with Gasteiger partial charge in [-0.25, -0.2) is 4.85 Å². The fraction of sp³-hybridized carbons (Fsp3) is 0. The number of hydrogen-bond donors (Lipinski definition) is 0. The molecule has 0 N–H and O–H groups in total. The van der Waals surface area contributed by atoms with Crippen LogP contribution in [0.4, 0.5) is 5.69 Å². The summed E-state index contributed by atoms with van der Waals surface area (Å²) in [4.78, 5) is 3.89.